The van der Waals surface area contributed by atoms with Crippen molar-refractivity contribution in [2.24, 2.45) is 0 Å². The zero-order valence-corrected chi connectivity index (χ0v) is 15.9. The van der Waals surface area contributed by atoms with Gasteiger partial charge in [0.1, 0.15) is 18.9 Å². The molecule has 0 saturated heterocycles. The Hall–Kier alpha value is -4.13. The van der Waals surface area contributed by atoms with Crippen LogP contribution in [0.1, 0.15) is 10.4 Å². The van der Waals surface area contributed by atoms with E-state index in [9.17, 15) is 9.90 Å². The van der Waals surface area contributed by atoms with E-state index >= 15 is 0 Å². The first-order valence-corrected chi connectivity index (χ1v) is 9.44. The SMILES string of the molecule is O=C(O)c1cccc(-c2cn(-c3ccc(-c4cccc5c4OCCO5)cc3)nn2)c1. The fraction of sp³-hybridized carbons (Fsp3) is 0.0870. The lowest BCUT2D eigenvalue weighted by molar-refractivity contribution is 0.0697. The fourth-order valence-corrected chi connectivity index (χ4v) is 3.43. The zero-order valence-electron chi connectivity index (χ0n) is 15.9. The zero-order chi connectivity index (χ0) is 20.5. The molecule has 0 bridgehead atoms. The van der Waals surface area contributed by atoms with Gasteiger partial charge in [-0.2, -0.15) is 0 Å². The number of rotatable bonds is 4. The number of aromatic carboxylic acids is 1. The van der Waals surface area contributed by atoms with Crippen molar-refractivity contribution < 1.29 is 19.4 Å². The van der Waals surface area contributed by atoms with Crippen LogP contribution in [0.15, 0.2) is 72.9 Å². The average molecular weight is 399 g/mol. The molecule has 0 amide bonds. The molecule has 3 aromatic carbocycles. The summed E-state index contributed by atoms with van der Waals surface area (Å²) in [6.07, 6.45) is 1.78. The van der Waals surface area contributed by atoms with Gasteiger partial charge in [-0.05, 0) is 35.9 Å². The summed E-state index contributed by atoms with van der Waals surface area (Å²) in [7, 11) is 0. The smallest absolute Gasteiger partial charge is 0.335 e. The molecule has 1 aromatic heterocycles. The van der Waals surface area contributed by atoms with E-state index in [0.29, 0.717) is 24.5 Å². The summed E-state index contributed by atoms with van der Waals surface area (Å²) in [4.78, 5) is 11.2. The maximum atomic E-state index is 11.2. The van der Waals surface area contributed by atoms with Crippen molar-refractivity contribution in [3.05, 3.63) is 78.5 Å². The predicted molar refractivity (Wildman–Crippen MR) is 110 cm³/mol. The van der Waals surface area contributed by atoms with Gasteiger partial charge in [-0.3, -0.25) is 0 Å². The Labute approximate surface area is 172 Å². The van der Waals surface area contributed by atoms with Crippen LogP contribution in [-0.4, -0.2) is 39.3 Å². The number of benzene rings is 3. The van der Waals surface area contributed by atoms with Gasteiger partial charge in [0.05, 0.1) is 17.4 Å². The molecule has 1 N–H and O–H groups in total. The molecule has 0 atom stereocenters. The fourth-order valence-electron chi connectivity index (χ4n) is 3.43. The number of nitrogens with zero attached hydrogens (tertiary/aromatic N) is 3. The third kappa shape index (κ3) is 3.26. The van der Waals surface area contributed by atoms with E-state index in [0.717, 1.165) is 28.3 Å². The summed E-state index contributed by atoms with van der Waals surface area (Å²) in [5.74, 6) is 0.544. The Balaban J connectivity index is 1.44. The van der Waals surface area contributed by atoms with Gasteiger partial charge in [0.2, 0.25) is 0 Å². The van der Waals surface area contributed by atoms with Gasteiger partial charge in [-0.15, -0.1) is 5.10 Å². The van der Waals surface area contributed by atoms with Crippen LogP contribution in [0.4, 0.5) is 0 Å². The van der Waals surface area contributed by atoms with Gasteiger partial charge < -0.3 is 14.6 Å². The topological polar surface area (TPSA) is 86.5 Å². The molecule has 0 spiro atoms. The van der Waals surface area contributed by atoms with Gasteiger partial charge in [-0.25, -0.2) is 9.48 Å². The average Bonchev–Trinajstić information content (AvgIpc) is 3.29. The molecule has 0 saturated carbocycles. The second-order valence-corrected chi connectivity index (χ2v) is 6.81. The van der Waals surface area contributed by atoms with Crippen molar-refractivity contribution in [3.63, 3.8) is 0 Å². The number of carbonyl (C=O) groups is 1. The number of ether oxygens (including phenoxy) is 2. The van der Waals surface area contributed by atoms with Gasteiger partial charge in [0, 0.05) is 11.1 Å². The maximum absolute atomic E-state index is 11.2. The van der Waals surface area contributed by atoms with E-state index in [4.69, 9.17) is 9.47 Å². The number of carboxylic acid groups (broad SMARTS) is 1. The second kappa shape index (κ2) is 7.36. The third-order valence-corrected chi connectivity index (χ3v) is 4.91. The molecule has 4 aromatic rings. The monoisotopic (exact) mass is 399 g/mol. The van der Waals surface area contributed by atoms with Crippen LogP contribution < -0.4 is 9.47 Å². The van der Waals surface area contributed by atoms with E-state index in [1.807, 2.05) is 48.5 Å². The lowest BCUT2D eigenvalue weighted by atomic mass is 10.0. The van der Waals surface area contributed by atoms with Crippen LogP contribution in [0.2, 0.25) is 0 Å². The lowest BCUT2D eigenvalue weighted by Crippen LogP contribution is -2.15. The molecule has 148 valence electrons. The molecule has 7 heteroatoms. The Kier molecular flexibility index (Phi) is 4.40. The molecule has 0 unspecified atom stereocenters. The van der Waals surface area contributed by atoms with E-state index in [1.165, 1.54) is 0 Å². The molecule has 1 aliphatic heterocycles. The number of aromatic nitrogens is 3. The number of carboxylic acids is 1. The number of hydrogen-bond acceptors (Lipinski definition) is 5. The summed E-state index contributed by atoms with van der Waals surface area (Å²) >= 11 is 0. The minimum atomic E-state index is -0.975. The molecule has 0 radical (unpaired) electrons. The number of para-hydroxylation sites is 1. The van der Waals surface area contributed by atoms with Crippen LogP contribution in [0, 0.1) is 0 Å². The molecule has 0 fully saturated rings. The quantitative estimate of drug-likeness (QED) is 0.557. The Bertz CT molecular complexity index is 1230. The molecule has 1 aliphatic rings. The van der Waals surface area contributed by atoms with Gasteiger partial charge in [-0.1, -0.05) is 41.6 Å². The van der Waals surface area contributed by atoms with E-state index in [1.54, 1.807) is 29.1 Å². The summed E-state index contributed by atoms with van der Waals surface area (Å²) in [5, 5.41) is 17.5. The van der Waals surface area contributed by atoms with Crippen molar-refractivity contribution in [2.75, 3.05) is 13.2 Å². The molecule has 2 heterocycles. The van der Waals surface area contributed by atoms with Crippen LogP contribution >= 0.6 is 0 Å². The van der Waals surface area contributed by atoms with Gasteiger partial charge in [0.25, 0.3) is 0 Å². The lowest BCUT2D eigenvalue weighted by Gasteiger charge is -2.21. The normalized spacial score (nSPS) is 12.5. The second-order valence-electron chi connectivity index (χ2n) is 6.81. The molecule has 0 aliphatic carbocycles. The summed E-state index contributed by atoms with van der Waals surface area (Å²) in [5.41, 5.74) is 4.34. The predicted octanol–water partition coefficient (Wildman–Crippen LogP) is 4.07. The Morgan fingerprint density at radius 1 is 0.933 bits per heavy atom. The van der Waals surface area contributed by atoms with Crippen molar-refractivity contribution >= 4 is 5.97 Å². The molecule has 5 rings (SSSR count). The van der Waals surface area contributed by atoms with Crippen molar-refractivity contribution in [3.8, 4) is 39.6 Å². The van der Waals surface area contributed by atoms with Crippen LogP contribution in [0.25, 0.3) is 28.1 Å². The van der Waals surface area contributed by atoms with E-state index in [-0.39, 0.29) is 5.56 Å². The Morgan fingerprint density at radius 3 is 2.57 bits per heavy atom. The standard InChI is InChI=1S/C23H17N3O4/c27-23(28)17-4-1-3-16(13-17)20-14-26(25-24-20)18-9-7-15(8-10-18)19-5-2-6-21-22(19)30-12-11-29-21/h1-10,13-14H,11-12H2,(H,27,28). The first kappa shape index (κ1) is 17.9. The highest BCUT2D eigenvalue weighted by Gasteiger charge is 2.17. The van der Waals surface area contributed by atoms with Crippen molar-refractivity contribution in [1.82, 2.24) is 15.0 Å². The van der Waals surface area contributed by atoms with Gasteiger partial charge in [0.15, 0.2) is 11.5 Å². The third-order valence-electron chi connectivity index (χ3n) is 4.91. The molecular formula is C23H17N3O4. The molecular weight excluding hydrogens is 382 g/mol. The van der Waals surface area contributed by atoms with Crippen LogP contribution in [0.5, 0.6) is 11.5 Å². The van der Waals surface area contributed by atoms with E-state index in [2.05, 4.69) is 10.3 Å². The number of hydrogen-bond donors (Lipinski definition) is 1. The molecule has 7 nitrogen and oxygen atoms in total. The van der Waals surface area contributed by atoms with E-state index < -0.39 is 5.97 Å². The van der Waals surface area contributed by atoms with Crippen molar-refractivity contribution in [1.29, 1.82) is 0 Å². The highest BCUT2D eigenvalue weighted by atomic mass is 16.6. The largest absolute Gasteiger partial charge is 0.486 e. The first-order chi connectivity index (χ1) is 14.7. The van der Waals surface area contributed by atoms with Crippen LogP contribution in [0.3, 0.4) is 0 Å². The van der Waals surface area contributed by atoms with Crippen molar-refractivity contribution in [2.45, 2.75) is 0 Å². The highest BCUT2D eigenvalue weighted by molar-refractivity contribution is 5.89. The summed E-state index contributed by atoms with van der Waals surface area (Å²) < 4.78 is 13.1. The first-order valence-electron chi connectivity index (χ1n) is 9.44. The number of fused-ring (bicyclic) bond motifs is 1. The minimum Gasteiger partial charge on any atom is -0.486 e. The maximum Gasteiger partial charge on any atom is 0.335 e. The summed E-state index contributed by atoms with van der Waals surface area (Å²) in [6, 6.07) is 20.4. The van der Waals surface area contributed by atoms with Gasteiger partial charge >= 0.3 is 5.97 Å². The minimum absolute atomic E-state index is 0.212. The summed E-state index contributed by atoms with van der Waals surface area (Å²) in [6.45, 7) is 1.09. The van der Waals surface area contributed by atoms with Crippen LogP contribution in [-0.2, 0) is 0 Å². The molecule has 30 heavy (non-hydrogen) atoms. The Morgan fingerprint density at radius 2 is 1.73 bits per heavy atom. The highest BCUT2D eigenvalue weighted by Crippen LogP contribution is 2.39.